The van der Waals surface area contributed by atoms with Gasteiger partial charge in [-0.1, -0.05) is 42.5 Å². The lowest BCUT2D eigenvalue weighted by atomic mass is 10.0. The Morgan fingerprint density at radius 1 is 1.21 bits per heavy atom. The molecule has 0 spiro atoms. The van der Waals surface area contributed by atoms with Gasteiger partial charge in [-0.15, -0.1) is 0 Å². The maximum Gasteiger partial charge on any atom is 0.278 e. The van der Waals surface area contributed by atoms with E-state index in [1.54, 1.807) is 48.5 Å². The summed E-state index contributed by atoms with van der Waals surface area (Å²) in [4.78, 5) is 24.7. The highest BCUT2D eigenvalue weighted by Gasteiger charge is 2.47. The number of carbonyl (C=O) groups excluding carboxylic acids is 2. The Balaban J connectivity index is 1.69. The minimum atomic E-state index is -1.69. The van der Waals surface area contributed by atoms with Gasteiger partial charge in [-0.2, -0.15) is 0 Å². The Hall–Kier alpha value is -2.86. The van der Waals surface area contributed by atoms with Gasteiger partial charge in [0, 0.05) is 6.54 Å². The molecule has 2 unspecified atom stereocenters. The summed E-state index contributed by atoms with van der Waals surface area (Å²) < 4.78 is 5.63. The number of hydrogen-bond acceptors (Lipinski definition) is 4. The Kier molecular flexibility index (Phi) is 4.22. The summed E-state index contributed by atoms with van der Waals surface area (Å²) in [6.45, 7) is 1.39. The maximum absolute atomic E-state index is 12.5. The zero-order chi connectivity index (χ0) is 17.2. The summed E-state index contributed by atoms with van der Waals surface area (Å²) in [5.74, 6) is -0.726. The highest BCUT2D eigenvalue weighted by molar-refractivity contribution is 6.15. The molecule has 24 heavy (non-hydrogen) atoms. The first-order valence-electron chi connectivity index (χ1n) is 7.61. The summed E-state index contributed by atoms with van der Waals surface area (Å²) in [5.41, 5.74) is -0.482. The van der Waals surface area contributed by atoms with E-state index < -0.39 is 23.5 Å². The summed E-state index contributed by atoms with van der Waals surface area (Å²) >= 11 is 0. The normalized spacial score (nSPS) is 20.3. The number of para-hydroxylation sites is 2. The number of ether oxygens (including phenoxy) is 1. The van der Waals surface area contributed by atoms with Crippen LogP contribution in [0.5, 0.6) is 5.75 Å². The lowest BCUT2D eigenvalue weighted by Gasteiger charge is -2.33. The molecule has 1 aliphatic heterocycles. The van der Waals surface area contributed by atoms with Crippen molar-refractivity contribution in [3.63, 3.8) is 0 Å². The Labute approximate surface area is 139 Å². The van der Waals surface area contributed by atoms with Crippen molar-refractivity contribution in [3.05, 3.63) is 60.2 Å². The van der Waals surface area contributed by atoms with Crippen molar-refractivity contribution in [2.24, 2.45) is 0 Å². The molecule has 2 atom stereocenters. The van der Waals surface area contributed by atoms with Crippen molar-refractivity contribution in [3.8, 4) is 5.75 Å². The van der Waals surface area contributed by atoms with Gasteiger partial charge in [-0.3, -0.25) is 9.59 Å². The Morgan fingerprint density at radius 2 is 1.88 bits per heavy atom. The molecule has 3 N–H and O–H groups in total. The summed E-state index contributed by atoms with van der Waals surface area (Å²) in [5, 5.41) is 15.4. The highest BCUT2D eigenvalue weighted by atomic mass is 16.5. The Morgan fingerprint density at radius 3 is 2.62 bits per heavy atom. The van der Waals surface area contributed by atoms with E-state index in [1.165, 1.54) is 6.92 Å². The molecule has 124 valence electrons. The number of anilines is 1. The summed E-state index contributed by atoms with van der Waals surface area (Å²) in [7, 11) is 0. The third-order valence-electron chi connectivity index (χ3n) is 3.96. The van der Waals surface area contributed by atoms with Gasteiger partial charge in [-0.25, -0.2) is 0 Å². The quantitative estimate of drug-likeness (QED) is 0.745. The topological polar surface area (TPSA) is 87.7 Å². The number of aliphatic hydroxyl groups excluding tert-OH is 1. The van der Waals surface area contributed by atoms with Gasteiger partial charge in [0.2, 0.25) is 0 Å². The van der Waals surface area contributed by atoms with Crippen molar-refractivity contribution in [1.82, 2.24) is 5.32 Å². The van der Waals surface area contributed by atoms with Crippen LogP contribution in [0.3, 0.4) is 0 Å². The second-order valence-electron chi connectivity index (χ2n) is 5.72. The van der Waals surface area contributed by atoms with Gasteiger partial charge in [0.15, 0.2) is 0 Å². The fourth-order valence-corrected chi connectivity index (χ4v) is 2.47. The van der Waals surface area contributed by atoms with Gasteiger partial charge in [-0.05, 0) is 24.6 Å². The molecule has 0 saturated carbocycles. The van der Waals surface area contributed by atoms with Crippen molar-refractivity contribution >= 4 is 17.5 Å². The second kappa shape index (κ2) is 6.33. The molecule has 0 saturated heterocycles. The molecule has 0 radical (unpaired) electrons. The van der Waals surface area contributed by atoms with Crippen LogP contribution in [0.25, 0.3) is 0 Å². The van der Waals surface area contributed by atoms with E-state index in [-0.39, 0.29) is 6.54 Å². The minimum absolute atomic E-state index is 0.0171. The van der Waals surface area contributed by atoms with Crippen LogP contribution in [0.1, 0.15) is 18.6 Å². The summed E-state index contributed by atoms with van der Waals surface area (Å²) in [6.07, 6.45) is -0.863. The fourth-order valence-electron chi connectivity index (χ4n) is 2.47. The second-order valence-corrected chi connectivity index (χ2v) is 5.72. The number of amides is 2. The SMILES string of the molecule is CC1(C(=O)NCC(O)c2ccccc2)Oc2ccccc2NC1=O. The molecule has 6 nitrogen and oxygen atoms in total. The van der Waals surface area contributed by atoms with Crippen molar-refractivity contribution in [1.29, 1.82) is 0 Å². The number of carbonyl (C=O) groups is 2. The van der Waals surface area contributed by atoms with Crippen LogP contribution < -0.4 is 15.4 Å². The highest BCUT2D eigenvalue weighted by Crippen LogP contribution is 2.33. The first kappa shape index (κ1) is 16.0. The van der Waals surface area contributed by atoms with Gasteiger partial charge >= 0.3 is 0 Å². The van der Waals surface area contributed by atoms with E-state index in [0.29, 0.717) is 17.0 Å². The largest absolute Gasteiger partial charge is 0.466 e. The minimum Gasteiger partial charge on any atom is -0.466 e. The number of nitrogens with one attached hydrogen (secondary N) is 2. The van der Waals surface area contributed by atoms with Crippen molar-refractivity contribution in [2.45, 2.75) is 18.6 Å². The van der Waals surface area contributed by atoms with E-state index in [4.69, 9.17) is 4.74 Å². The molecule has 6 heteroatoms. The molecule has 2 amide bonds. The van der Waals surface area contributed by atoms with Crippen LogP contribution in [0.4, 0.5) is 5.69 Å². The van der Waals surface area contributed by atoms with Crippen LogP contribution in [0, 0.1) is 0 Å². The average Bonchev–Trinajstić information content (AvgIpc) is 2.61. The number of fused-ring (bicyclic) bond motifs is 1. The summed E-state index contributed by atoms with van der Waals surface area (Å²) in [6, 6.07) is 15.9. The van der Waals surface area contributed by atoms with Crippen molar-refractivity contribution in [2.75, 3.05) is 11.9 Å². The Bertz CT molecular complexity index is 763. The molecule has 0 bridgehead atoms. The standard InChI is InChI=1S/C18H18N2O4/c1-18(17(23)20-13-9-5-6-10-15(13)24-18)16(22)19-11-14(21)12-7-3-2-4-8-12/h2-10,14,21H,11H2,1H3,(H,19,22)(H,20,23). The zero-order valence-electron chi connectivity index (χ0n) is 13.2. The molecule has 0 aliphatic carbocycles. The number of benzene rings is 2. The maximum atomic E-state index is 12.5. The number of rotatable bonds is 4. The van der Waals surface area contributed by atoms with Crippen LogP contribution in [-0.2, 0) is 9.59 Å². The molecule has 0 aromatic heterocycles. The van der Waals surface area contributed by atoms with Crippen LogP contribution >= 0.6 is 0 Å². The van der Waals surface area contributed by atoms with Crippen LogP contribution in [-0.4, -0.2) is 29.1 Å². The number of hydrogen-bond donors (Lipinski definition) is 3. The molecule has 3 rings (SSSR count). The first-order chi connectivity index (χ1) is 11.5. The lowest BCUT2D eigenvalue weighted by molar-refractivity contribution is -0.147. The molecular formula is C18H18N2O4. The molecule has 2 aromatic carbocycles. The lowest BCUT2D eigenvalue weighted by Crippen LogP contribution is -2.59. The molecule has 0 fully saturated rings. The van der Waals surface area contributed by atoms with Gasteiger partial charge in [0.05, 0.1) is 11.8 Å². The first-order valence-corrected chi connectivity index (χ1v) is 7.61. The van der Waals surface area contributed by atoms with E-state index in [1.807, 2.05) is 6.07 Å². The fraction of sp³-hybridized carbons (Fsp3) is 0.222. The van der Waals surface area contributed by atoms with Crippen LogP contribution in [0.15, 0.2) is 54.6 Å². The molecule has 1 aliphatic rings. The predicted molar refractivity (Wildman–Crippen MR) is 88.5 cm³/mol. The smallest absolute Gasteiger partial charge is 0.278 e. The third kappa shape index (κ3) is 2.96. The van der Waals surface area contributed by atoms with E-state index in [9.17, 15) is 14.7 Å². The average molecular weight is 326 g/mol. The van der Waals surface area contributed by atoms with Gasteiger partial charge in [0.1, 0.15) is 5.75 Å². The van der Waals surface area contributed by atoms with Crippen LogP contribution in [0.2, 0.25) is 0 Å². The monoisotopic (exact) mass is 326 g/mol. The molecule has 1 heterocycles. The van der Waals surface area contributed by atoms with Gasteiger partial charge in [0.25, 0.3) is 17.4 Å². The van der Waals surface area contributed by atoms with E-state index >= 15 is 0 Å². The van der Waals surface area contributed by atoms with Crippen molar-refractivity contribution < 1.29 is 19.4 Å². The van der Waals surface area contributed by atoms with Gasteiger partial charge < -0.3 is 20.5 Å². The van der Waals surface area contributed by atoms with E-state index in [0.717, 1.165) is 0 Å². The number of aliphatic hydroxyl groups is 1. The van der Waals surface area contributed by atoms with E-state index in [2.05, 4.69) is 10.6 Å². The molecular weight excluding hydrogens is 308 g/mol. The zero-order valence-corrected chi connectivity index (χ0v) is 13.2. The predicted octanol–water partition coefficient (Wildman–Crippen LogP) is 1.63. The molecule has 2 aromatic rings. The third-order valence-corrected chi connectivity index (χ3v) is 3.96.